The van der Waals surface area contributed by atoms with Crippen LogP contribution in [0.25, 0.3) is 21.8 Å². The summed E-state index contributed by atoms with van der Waals surface area (Å²) in [4.78, 5) is 0. The quantitative estimate of drug-likeness (QED) is 0.0957. The Hall–Kier alpha value is -5.99. The summed E-state index contributed by atoms with van der Waals surface area (Å²) in [6.45, 7) is 9.67. The number of nitrogens with one attached hydrogen (secondary N) is 1. The molecule has 6 rings (SSSR count). The number of aromatic nitrogens is 2. The molecule has 0 unspecified atom stereocenters. The van der Waals surface area contributed by atoms with Crippen LogP contribution in [0.1, 0.15) is 54.9 Å². The highest BCUT2D eigenvalue weighted by molar-refractivity contribution is 7.88. The molecule has 0 saturated carbocycles. The van der Waals surface area contributed by atoms with E-state index in [2.05, 4.69) is 40.9 Å². The fraction of sp³-hybridized carbons (Fsp3) is 0.244. The molecule has 300 valence electrons. The van der Waals surface area contributed by atoms with Gasteiger partial charge in [0, 0.05) is 85.2 Å². The van der Waals surface area contributed by atoms with Gasteiger partial charge in [0.25, 0.3) is 0 Å². The lowest BCUT2D eigenvalue weighted by Crippen LogP contribution is -1.98. The van der Waals surface area contributed by atoms with Crippen molar-refractivity contribution in [2.45, 2.75) is 34.4 Å². The molecule has 2 aromatic heterocycles. The molecule has 3 N–H and O–H groups in total. The van der Waals surface area contributed by atoms with Crippen molar-refractivity contribution in [1.29, 1.82) is 10.5 Å². The van der Waals surface area contributed by atoms with Crippen LogP contribution >= 0.6 is 25.0 Å². The second-order valence-electron chi connectivity index (χ2n) is 13.3. The van der Waals surface area contributed by atoms with Gasteiger partial charge in [-0.05, 0) is 86.4 Å². The Morgan fingerprint density at radius 2 is 1.12 bits per heavy atom. The first-order valence-corrected chi connectivity index (χ1v) is 23.9. The topological polar surface area (TPSA) is 148 Å². The number of nitriles is 2. The minimum Gasteiger partial charge on any atom is -0.497 e. The number of nitrogen functional groups attached to an aromatic ring is 1. The van der Waals surface area contributed by atoms with Gasteiger partial charge in [-0.1, -0.05) is 42.6 Å². The van der Waals surface area contributed by atoms with Gasteiger partial charge in [-0.15, -0.1) is 0 Å². The smallest absolute Gasteiger partial charge is 0.164 e. The summed E-state index contributed by atoms with van der Waals surface area (Å²) in [7, 11) is 0.860. The number of rotatable bonds is 6. The van der Waals surface area contributed by atoms with E-state index in [1.807, 2.05) is 108 Å². The fourth-order valence-corrected chi connectivity index (χ4v) is 6.67. The standard InChI is InChI=1S/C22H22N3O2P.C20H17N3O.C2H6ClOP.CH4/c1-5-25-21(20(15-23)19-11-10-18(27-2)14-22(19)25)12-9-16-7-6-8-17(13-16)24-28(3,4)26;1-3-23-19(10-7-14-5-4-6-15(22)11-14)18(13-21)17-9-8-16(24-2)12-20(17)23;1-5(2,3)4;/h6-8,10-11,13-14H,5H2,1-4H3,(H,24,26);4-6,8-9,11-12H,3,22H2,1-2H3;1-2H3;1H4. The van der Waals surface area contributed by atoms with E-state index in [1.165, 1.54) is 13.3 Å². The van der Waals surface area contributed by atoms with E-state index in [4.69, 9.17) is 26.4 Å². The van der Waals surface area contributed by atoms with E-state index in [-0.39, 0.29) is 7.43 Å². The van der Waals surface area contributed by atoms with Gasteiger partial charge in [0.15, 0.2) is 13.8 Å². The first-order valence-electron chi connectivity index (χ1n) is 17.8. The van der Waals surface area contributed by atoms with E-state index in [0.29, 0.717) is 41.3 Å². The zero-order valence-corrected chi connectivity index (χ0v) is 35.8. The molecule has 4 aromatic carbocycles. The molecule has 0 bridgehead atoms. The number of methoxy groups -OCH3 is 2. The van der Waals surface area contributed by atoms with Crippen molar-refractivity contribution in [3.8, 4) is 47.3 Å². The predicted molar refractivity (Wildman–Crippen MR) is 242 cm³/mol. The van der Waals surface area contributed by atoms with Crippen LogP contribution in [-0.2, 0) is 22.2 Å². The van der Waals surface area contributed by atoms with Crippen molar-refractivity contribution in [1.82, 2.24) is 9.13 Å². The number of nitrogens with two attached hydrogens (primary N) is 1. The molecule has 13 heteroatoms. The molecule has 2 heterocycles. The molecule has 0 saturated heterocycles. The second-order valence-corrected chi connectivity index (χ2v) is 21.1. The lowest BCUT2D eigenvalue weighted by atomic mass is 10.1. The summed E-state index contributed by atoms with van der Waals surface area (Å²) in [6, 6.07) is 30.9. The molecule has 0 amide bonds. The normalized spacial score (nSPS) is 10.4. The first kappa shape index (κ1) is 46.4. The molecule has 6 aromatic rings. The number of anilines is 2. The third-order valence-corrected chi connectivity index (χ3v) is 8.99. The van der Waals surface area contributed by atoms with Gasteiger partial charge < -0.3 is 38.6 Å². The van der Waals surface area contributed by atoms with Crippen molar-refractivity contribution >= 4 is 58.2 Å². The Morgan fingerprint density at radius 1 is 0.690 bits per heavy atom. The van der Waals surface area contributed by atoms with Crippen molar-refractivity contribution in [3.63, 3.8) is 0 Å². The minimum absolute atomic E-state index is 0. The van der Waals surface area contributed by atoms with Crippen LogP contribution in [0.4, 0.5) is 11.4 Å². The first-order chi connectivity index (χ1) is 27.0. The highest BCUT2D eigenvalue weighted by Crippen LogP contribution is 2.41. The van der Waals surface area contributed by atoms with Crippen LogP contribution in [0.5, 0.6) is 11.5 Å². The van der Waals surface area contributed by atoms with E-state index in [9.17, 15) is 19.7 Å². The lowest BCUT2D eigenvalue weighted by Gasteiger charge is -2.10. The number of fused-ring (bicyclic) bond motifs is 2. The summed E-state index contributed by atoms with van der Waals surface area (Å²) < 4.78 is 36.7. The van der Waals surface area contributed by atoms with E-state index in [0.717, 1.165) is 50.1 Å². The molecule has 58 heavy (non-hydrogen) atoms. The van der Waals surface area contributed by atoms with Crippen LogP contribution < -0.4 is 20.3 Å². The second kappa shape index (κ2) is 20.4. The third-order valence-electron chi connectivity index (χ3n) is 8.20. The Labute approximate surface area is 347 Å². The Morgan fingerprint density at radius 3 is 1.50 bits per heavy atom. The monoisotopic (exact) mass is 834 g/mol. The van der Waals surface area contributed by atoms with Crippen LogP contribution in [-0.4, -0.2) is 50.0 Å². The van der Waals surface area contributed by atoms with Crippen molar-refractivity contribution < 1.29 is 18.6 Å². The minimum atomic E-state index is -2.39. The predicted octanol–water partition coefficient (Wildman–Crippen LogP) is 10.8. The average Bonchev–Trinajstić information content (AvgIpc) is 3.64. The summed E-state index contributed by atoms with van der Waals surface area (Å²) in [5.74, 6) is 14.1. The molecular weight excluding hydrogens is 786 g/mol. The maximum Gasteiger partial charge on any atom is 0.164 e. The van der Waals surface area contributed by atoms with Crippen LogP contribution in [0.2, 0.25) is 0 Å². The molecule has 0 aliphatic carbocycles. The number of halogens is 1. The Bertz CT molecular complexity index is 2730. The molecule has 0 aliphatic heterocycles. The van der Waals surface area contributed by atoms with E-state index in [1.54, 1.807) is 27.5 Å². The third kappa shape index (κ3) is 12.3. The Balaban J connectivity index is 0.000000276. The summed E-state index contributed by atoms with van der Waals surface area (Å²) in [6.07, 6.45) is 0. The largest absolute Gasteiger partial charge is 0.497 e. The SMILES string of the molecule is C.CCn1c(C#Cc2cccc(N)c2)c(C#N)c2ccc(OC)cc21.CCn1c(C#Cc2cccc(NP(C)(C)=O)c2)c(C#N)c2ccc(OC)cc21.CP(C)(=O)Cl. The molecule has 10 nitrogen and oxygen atoms in total. The van der Waals surface area contributed by atoms with Gasteiger partial charge in [0.05, 0.1) is 36.4 Å². The number of nitrogens with zero attached hydrogens (tertiary/aromatic N) is 4. The van der Waals surface area contributed by atoms with E-state index >= 15 is 0 Å². The van der Waals surface area contributed by atoms with Gasteiger partial charge in [-0.2, -0.15) is 10.5 Å². The number of hydrogen-bond acceptors (Lipinski definition) is 7. The molecule has 0 spiro atoms. The number of hydrogen-bond donors (Lipinski definition) is 2. The van der Waals surface area contributed by atoms with Crippen molar-refractivity contribution in [2.24, 2.45) is 0 Å². The fourth-order valence-electron chi connectivity index (χ4n) is 5.91. The highest BCUT2D eigenvalue weighted by Gasteiger charge is 2.17. The summed E-state index contributed by atoms with van der Waals surface area (Å²) in [5.41, 5.74) is 13.3. The number of ether oxygens (including phenoxy) is 2. The Kier molecular flexibility index (Phi) is 16.3. The van der Waals surface area contributed by atoms with Crippen molar-refractivity contribution in [2.75, 3.05) is 51.7 Å². The lowest BCUT2D eigenvalue weighted by molar-refractivity contribution is 0.415. The molecule has 0 aliphatic rings. The van der Waals surface area contributed by atoms with Crippen molar-refractivity contribution in [3.05, 3.63) is 119 Å². The van der Waals surface area contributed by atoms with Gasteiger partial charge in [-0.3, -0.25) is 0 Å². The van der Waals surface area contributed by atoms with Gasteiger partial charge >= 0.3 is 0 Å². The molecule has 0 fully saturated rings. The molecular formula is C45H49ClN6O4P2. The maximum absolute atomic E-state index is 12.0. The zero-order valence-electron chi connectivity index (χ0n) is 33.3. The van der Waals surface area contributed by atoms with Crippen LogP contribution in [0.3, 0.4) is 0 Å². The molecule has 0 atom stereocenters. The van der Waals surface area contributed by atoms with Gasteiger partial charge in [0.2, 0.25) is 0 Å². The average molecular weight is 835 g/mol. The van der Waals surface area contributed by atoms with Gasteiger partial charge in [-0.25, -0.2) is 0 Å². The zero-order chi connectivity index (χ0) is 41.9. The number of aryl methyl sites for hydroxylation is 2. The molecule has 0 radical (unpaired) electrons. The maximum atomic E-state index is 12.0. The van der Waals surface area contributed by atoms with Crippen LogP contribution in [0.15, 0.2) is 84.9 Å². The number of benzene rings is 4. The summed E-state index contributed by atoms with van der Waals surface area (Å²) >= 11 is 5.09. The summed E-state index contributed by atoms with van der Waals surface area (Å²) in [5, 5.41) is 24.1. The van der Waals surface area contributed by atoms with E-state index < -0.39 is 13.8 Å². The van der Waals surface area contributed by atoms with Gasteiger partial charge in [0.1, 0.15) is 35.0 Å². The highest BCUT2D eigenvalue weighted by atomic mass is 35.7. The van der Waals surface area contributed by atoms with Crippen LogP contribution in [0, 0.1) is 46.3 Å².